The number of rotatable bonds is 10. The van der Waals surface area contributed by atoms with E-state index in [1.807, 2.05) is 0 Å². The second-order valence-corrected chi connectivity index (χ2v) is 10.9. The minimum absolute atomic E-state index is 0.0763. The van der Waals surface area contributed by atoms with Gasteiger partial charge < -0.3 is 5.11 Å². The summed E-state index contributed by atoms with van der Waals surface area (Å²) in [5, 5.41) is 11.4. The van der Waals surface area contributed by atoms with Crippen molar-refractivity contribution >= 4 is 0 Å². The molecule has 0 radical (unpaired) electrons. The van der Waals surface area contributed by atoms with Gasteiger partial charge in [-0.05, 0) is 66.2 Å². The van der Waals surface area contributed by atoms with Crippen molar-refractivity contribution in [3.63, 3.8) is 0 Å². The molecule has 0 heterocycles. The van der Waals surface area contributed by atoms with Gasteiger partial charge in [0.1, 0.15) is 0 Å². The van der Waals surface area contributed by atoms with Crippen LogP contribution in [0.5, 0.6) is 0 Å². The topological polar surface area (TPSA) is 20.2 Å². The lowest BCUT2D eigenvalue weighted by molar-refractivity contribution is 0.143. The molecule has 180 valence electrons. The molecule has 2 aliphatic carbocycles. The van der Waals surface area contributed by atoms with Gasteiger partial charge in [0.25, 0.3) is 0 Å². The van der Waals surface area contributed by atoms with E-state index in [4.69, 9.17) is 0 Å². The van der Waals surface area contributed by atoms with Crippen molar-refractivity contribution in [3.8, 4) is 0 Å². The standard InChI is InChI=1S/C32H46O/c1-2-3-4-11-16-31(33)32(29-21-17-27(18-22-29)25-12-7-5-8-13-25)30-23-19-28(20-24-30)26-14-9-6-10-15-26/h17-26,31-33H,2-16H2,1H3. The molecule has 0 saturated heterocycles. The zero-order valence-corrected chi connectivity index (χ0v) is 21.0. The van der Waals surface area contributed by atoms with Crippen molar-refractivity contribution in [1.82, 2.24) is 0 Å². The Balaban J connectivity index is 1.52. The molecule has 0 spiro atoms. The van der Waals surface area contributed by atoms with Crippen LogP contribution in [0.1, 0.15) is 143 Å². The fourth-order valence-corrected chi connectivity index (χ4v) is 6.41. The highest BCUT2D eigenvalue weighted by Crippen LogP contribution is 2.37. The Morgan fingerprint density at radius 1 is 0.636 bits per heavy atom. The van der Waals surface area contributed by atoms with E-state index in [9.17, 15) is 5.11 Å². The molecule has 0 aromatic heterocycles. The molecule has 1 heteroatoms. The van der Waals surface area contributed by atoms with Gasteiger partial charge in [0.15, 0.2) is 0 Å². The van der Waals surface area contributed by atoms with Crippen molar-refractivity contribution in [2.75, 3.05) is 0 Å². The average molecular weight is 447 g/mol. The number of aliphatic hydroxyl groups is 1. The van der Waals surface area contributed by atoms with E-state index in [0.717, 1.165) is 24.7 Å². The van der Waals surface area contributed by atoms with Gasteiger partial charge >= 0.3 is 0 Å². The highest BCUT2D eigenvalue weighted by atomic mass is 16.3. The minimum Gasteiger partial charge on any atom is -0.392 e. The first-order valence-corrected chi connectivity index (χ1v) is 14.1. The van der Waals surface area contributed by atoms with Crippen LogP contribution in [0.3, 0.4) is 0 Å². The lowest BCUT2D eigenvalue weighted by atomic mass is 9.80. The number of benzene rings is 2. The molecule has 1 unspecified atom stereocenters. The van der Waals surface area contributed by atoms with Gasteiger partial charge in [-0.15, -0.1) is 0 Å². The molecule has 0 amide bonds. The lowest BCUT2D eigenvalue weighted by Gasteiger charge is -2.27. The van der Waals surface area contributed by atoms with Crippen molar-refractivity contribution < 1.29 is 5.11 Å². The quantitative estimate of drug-likeness (QED) is 0.360. The fourth-order valence-electron chi connectivity index (χ4n) is 6.41. The third-order valence-corrected chi connectivity index (χ3v) is 8.48. The van der Waals surface area contributed by atoms with Crippen molar-refractivity contribution in [3.05, 3.63) is 70.8 Å². The van der Waals surface area contributed by atoms with Gasteiger partial charge in [-0.1, -0.05) is 120 Å². The molecule has 1 atom stereocenters. The minimum atomic E-state index is -0.317. The molecule has 2 aromatic carbocycles. The normalized spacial score (nSPS) is 19.1. The molecule has 2 aromatic rings. The summed E-state index contributed by atoms with van der Waals surface area (Å²) < 4.78 is 0. The number of unbranched alkanes of at least 4 members (excludes halogenated alkanes) is 3. The van der Waals surface area contributed by atoms with Gasteiger partial charge in [-0.2, -0.15) is 0 Å². The molecule has 4 rings (SSSR count). The van der Waals surface area contributed by atoms with Crippen LogP contribution in [0, 0.1) is 0 Å². The summed E-state index contributed by atoms with van der Waals surface area (Å²) >= 11 is 0. The van der Waals surface area contributed by atoms with Crippen molar-refractivity contribution in [2.24, 2.45) is 0 Å². The number of aliphatic hydroxyl groups excluding tert-OH is 1. The molecule has 1 N–H and O–H groups in total. The number of hydrogen-bond donors (Lipinski definition) is 1. The second kappa shape index (κ2) is 12.7. The van der Waals surface area contributed by atoms with E-state index in [1.165, 1.54) is 106 Å². The molecule has 0 bridgehead atoms. The predicted octanol–water partition coefficient (Wildman–Crippen LogP) is 9.25. The van der Waals surface area contributed by atoms with E-state index >= 15 is 0 Å². The molecule has 2 fully saturated rings. The molecular weight excluding hydrogens is 400 g/mol. The monoisotopic (exact) mass is 446 g/mol. The zero-order chi connectivity index (χ0) is 22.9. The lowest BCUT2D eigenvalue weighted by Crippen LogP contribution is -2.20. The molecule has 1 nitrogen and oxygen atoms in total. The van der Waals surface area contributed by atoms with Crippen LogP contribution in [0.25, 0.3) is 0 Å². The first-order chi connectivity index (χ1) is 16.3. The number of hydrogen-bond acceptors (Lipinski definition) is 1. The van der Waals surface area contributed by atoms with E-state index < -0.39 is 0 Å². The van der Waals surface area contributed by atoms with E-state index in [1.54, 1.807) is 0 Å². The maximum absolute atomic E-state index is 11.4. The Bertz CT molecular complexity index is 732. The van der Waals surface area contributed by atoms with E-state index in [-0.39, 0.29) is 12.0 Å². The zero-order valence-electron chi connectivity index (χ0n) is 21.0. The molecule has 2 aliphatic rings. The van der Waals surface area contributed by atoms with Gasteiger partial charge in [-0.3, -0.25) is 0 Å². The SMILES string of the molecule is CCCCCCC(O)C(c1ccc(C2CCCCC2)cc1)c1ccc(C2CCCCC2)cc1. The Morgan fingerprint density at radius 3 is 1.52 bits per heavy atom. The first-order valence-electron chi connectivity index (χ1n) is 14.1. The third-order valence-electron chi connectivity index (χ3n) is 8.48. The van der Waals surface area contributed by atoms with Crippen LogP contribution >= 0.6 is 0 Å². The Labute approximate surface area is 203 Å². The smallest absolute Gasteiger partial charge is 0.0649 e. The summed E-state index contributed by atoms with van der Waals surface area (Å²) in [6.07, 6.45) is 19.1. The maximum atomic E-state index is 11.4. The van der Waals surface area contributed by atoms with E-state index in [0.29, 0.717) is 0 Å². The van der Waals surface area contributed by atoms with Gasteiger partial charge in [0.2, 0.25) is 0 Å². The first kappa shape index (κ1) is 24.5. The summed E-state index contributed by atoms with van der Waals surface area (Å²) in [7, 11) is 0. The van der Waals surface area contributed by atoms with E-state index in [2.05, 4.69) is 55.5 Å². The van der Waals surface area contributed by atoms with Gasteiger partial charge in [0.05, 0.1) is 6.10 Å². The van der Waals surface area contributed by atoms with Gasteiger partial charge in [0, 0.05) is 5.92 Å². The Hall–Kier alpha value is -1.60. The van der Waals surface area contributed by atoms with Gasteiger partial charge in [-0.25, -0.2) is 0 Å². The highest BCUT2D eigenvalue weighted by molar-refractivity contribution is 5.38. The summed E-state index contributed by atoms with van der Waals surface area (Å²) in [6, 6.07) is 18.7. The summed E-state index contributed by atoms with van der Waals surface area (Å²) in [6.45, 7) is 2.25. The highest BCUT2D eigenvalue weighted by Gasteiger charge is 2.24. The summed E-state index contributed by atoms with van der Waals surface area (Å²) in [5.74, 6) is 1.55. The van der Waals surface area contributed by atoms with Crippen LogP contribution in [0.2, 0.25) is 0 Å². The Kier molecular flexibility index (Phi) is 9.47. The second-order valence-electron chi connectivity index (χ2n) is 10.9. The summed E-state index contributed by atoms with van der Waals surface area (Å²) in [4.78, 5) is 0. The van der Waals surface area contributed by atoms with Crippen molar-refractivity contribution in [1.29, 1.82) is 0 Å². The maximum Gasteiger partial charge on any atom is 0.0649 e. The third kappa shape index (κ3) is 6.72. The average Bonchev–Trinajstić information content (AvgIpc) is 2.89. The molecule has 2 saturated carbocycles. The fraction of sp³-hybridized carbons (Fsp3) is 0.625. The molecular formula is C32H46O. The molecule has 33 heavy (non-hydrogen) atoms. The van der Waals surface area contributed by atoms with Crippen molar-refractivity contribution in [2.45, 2.75) is 127 Å². The largest absolute Gasteiger partial charge is 0.392 e. The van der Waals surface area contributed by atoms with Crippen LogP contribution in [-0.2, 0) is 0 Å². The van der Waals surface area contributed by atoms with Crippen LogP contribution in [0.15, 0.2) is 48.5 Å². The Morgan fingerprint density at radius 2 is 1.09 bits per heavy atom. The van der Waals surface area contributed by atoms with Crippen LogP contribution < -0.4 is 0 Å². The molecule has 0 aliphatic heterocycles. The summed E-state index contributed by atoms with van der Waals surface area (Å²) in [5.41, 5.74) is 5.57. The van der Waals surface area contributed by atoms with Crippen LogP contribution in [0.4, 0.5) is 0 Å². The van der Waals surface area contributed by atoms with Crippen LogP contribution in [-0.4, -0.2) is 11.2 Å². The predicted molar refractivity (Wildman–Crippen MR) is 141 cm³/mol.